The summed E-state index contributed by atoms with van der Waals surface area (Å²) in [5.41, 5.74) is 0.0506. The molecule has 0 spiro atoms. The first kappa shape index (κ1) is 14.2. The lowest BCUT2D eigenvalue weighted by Gasteiger charge is -2.27. The maximum atomic E-state index is 10.9. The van der Waals surface area contributed by atoms with Gasteiger partial charge in [0.2, 0.25) is 0 Å². The molecule has 2 aliphatic rings. The van der Waals surface area contributed by atoms with Crippen molar-refractivity contribution in [2.75, 3.05) is 13.2 Å². The number of nitro benzene ring substituents is 1. The molecule has 5 nitrogen and oxygen atoms in total. The zero-order valence-corrected chi connectivity index (χ0v) is 12.1. The van der Waals surface area contributed by atoms with Gasteiger partial charge in [0.05, 0.1) is 24.2 Å². The van der Waals surface area contributed by atoms with E-state index in [2.05, 4.69) is 0 Å². The van der Waals surface area contributed by atoms with E-state index in [0.717, 1.165) is 0 Å². The minimum Gasteiger partial charge on any atom is -0.489 e. The standard InChI is InChI=1S/C16H21NO4/c18-17(19)14-7-8-15(20-10-12-3-1-4-12)16(9-14)21-11-13-5-2-6-13/h7-9,12-13H,1-6,10-11H2. The summed E-state index contributed by atoms with van der Waals surface area (Å²) in [5.74, 6) is 2.35. The molecular weight excluding hydrogens is 270 g/mol. The summed E-state index contributed by atoms with van der Waals surface area (Å²) in [6.45, 7) is 1.30. The van der Waals surface area contributed by atoms with Gasteiger partial charge < -0.3 is 9.47 Å². The molecule has 3 rings (SSSR count). The van der Waals surface area contributed by atoms with Crippen molar-refractivity contribution in [3.05, 3.63) is 28.3 Å². The molecule has 0 aromatic heterocycles. The second-order valence-electron chi connectivity index (χ2n) is 6.10. The first-order valence-electron chi connectivity index (χ1n) is 7.76. The molecule has 2 fully saturated rings. The number of ether oxygens (including phenoxy) is 2. The molecular formula is C16H21NO4. The molecule has 2 saturated carbocycles. The minimum absolute atomic E-state index is 0.0506. The molecule has 1 aromatic carbocycles. The summed E-state index contributed by atoms with van der Waals surface area (Å²) in [5, 5.41) is 10.9. The van der Waals surface area contributed by atoms with Crippen LogP contribution in [0.3, 0.4) is 0 Å². The Morgan fingerprint density at radius 2 is 1.57 bits per heavy atom. The predicted octanol–water partition coefficient (Wildman–Crippen LogP) is 3.95. The molecule has 5 heteroatoms. The molecule has 1 aromatic rings. The Hall–Kier alpha value is -1.78. The molecule has 0 heterocycles. The van der Waals surface area contributed by atoms with Gasteiger partial charge in [-0.25, -0.2) is 0 Å². The molecule has 0 N–H and O–H groups in total. The largest absolute Gasteiger partial charge is 0.489 e. The zero-order valence-electron chi connectivity index (χ0n) is 12.1. The maximum Gasteiger partial charge on any atom is 0.273 e. The number of non-ortho nitro benzene ring substituents is 1. The van der Waals surface area contributed by atoms with Crippen LogP contribution in [0.1, 0.15) is 38.5 Å². The highest BCUT2D eigenvalue weighted by atomic mass is 16.6. The van der Waals surface area contributed by atoms with Crippen molar-refractivity contribution in [1.82, 2.24) is 0 Å². The Labute approximate surface area is 124 Å². The van der Waals surface area contributed by atoms with Crippen LogP contribution in [-0.4, -0.2) is 18.1 Å². The SMILES string of the molecule is O=[N+]([O-])c1ccc(OCC2CCC2)c(OCC2CCC2)c1. The average molecular weight is 291 g/mol. The molecule has 0 amide bonds. The molecule has 0 saturated heterocycles. The van der Waals surface area contributed by atoms with Gasteiger partial charge in [-0.05, 0) is 43.6 Å². The van der Waals surface area contributed by atoms with Crippen molar-refractivity contribution >= 4 is 5.69 Å². The summed E-state index contributed by atoms with van der Waals surface area (Å²) < 4.78 is 11.6. The Morgan fingerprint density at radius 1 is 1.00 bits per heavy atom. The quantitative estimate of drug-likeness (QED) is 0.563. The Kier molecular flexibility index (Phi) is 4.27. The number of hydrogen-bond acceptors (Lipinski definition) is 4. The summed E-state index contributed by atoms with van der Waals surface area (Å²) in [6.07, 6.45) is 7.34. The summed E-state index contributed by atoms with van der Waals surface area (Å²) in [7, 11) is 0. The van der Waals surface area contributed by atoms with Gasteiger partial charge in [0, 0.05) is 6.07 Å². The predicted molar refractivity (Wildman–Crippen MR) is 78.8 cm³/mol. The molecule has 0 bridgehead atoms. The van der Waals surface area contributed by atoms with Crippen LogP contribution in [-0.2, 0) is 0 Å². The van der Waals surface area contributed by atoms with E-state index in [4.69, 9.17) is 9.47 Å². The normalized spacial score (nSPS) is 18.7. The average Bonchev–Trinajstić information content (AvgIpc) is 2.36. The fourth-order valence-electron chi connectivity index (χ4n) is 2.58. The highest BCUT2D eigenvalue weighted by molar-refractivity contribution is 5.48. The smallest absolute Gasteiger partial charge is 0.273 e. The maximum absolute atomic E-state index is 10.9. The van der Waals surface area contributed by atoms with E-state index in [-0.39, 0.29) is 5.69 Å². The number of nitro groups is 1. The van der Waals surface area contributed by atoms with Gasteiger partial charge in [-0.2, -0.15) is 0 Å². The zero-order chi connectivity index (χ0) is 14.7. The Balaban J connectivity index is 1.67. The van der Waals surface area contributed by atoms with Gasteiger partial charge in [0.15, 0.2) is 11.5 Å². The van der Waals surface area contributed by atoms with Crippen LogP contribution in [0.2, 0.25) is 0 Å². The van der Waals surface area contributed by atoms with Gasteiger partial charge in [-0.15, -0.1) is 0 Å². The minimum atomic E-state index is -0.397. The van der Waals surface area contributed by atoms with Crippen LogP contribution in [0.4, 0.5) is 5.69 Å². The van der Waals surface area contributed by atoms with E-state index < -0.39 is 4.92 Å². The van der Waals surface area contributed by atoms with Crippen LogP contribution < -0.4 is 9.47 Å². The first-order chi connectivity index (χ1) is 10.2. The third kappa shape index (κ3) is 3.46. The Morgan fingerprint density at radius 3 is 2.05 bits per heavy atom. The molecule has 114 valence electrons. The van der Waals surface area contributed by atoms with Crippen LogP contribution in [0, 0.1) is 22.0 Å². The second kappa shape index (κ2) is 6.33. The molecule has 2 aliphatic carbocycles. The van der Waals surface area contributed by atoms with E-state index in [1.807, 2.05) is 0 Å². The lowest BCUT2D eigenvalue weighted by atomic mass is 9.86. The van der Waals surface area contributed by atoms with Crippen molar-refractivity contribution in [1.29, 1.82) is 0 Å². The molecule has 0 radical (unpaired) electrons. The van der Waals surface area contributed by atoms with Gasteiger partial charge in [0.1, 0.15) is 0 Å². The van der Waals surface area contributed by atoms with Crippen molar-refractivity contribution in [3.8, 4) is 11.5 Å². The second-order valence-corrected chi connectivity index (χ2v) is 6.10. The number of nitrogens with zero attached hydrogens (tertiary/aromatic N) is 1. The van der Waals surface area contributed by atoms with Crippen molar-refractivity contribution in [3.63, 3.8) is 0 Å². The fourth-order valence-corrected chi connectivity index (χ4v) is 2.58. The summed E-state index contributed by atoms with van der Waals surface area (Å²) >= 11 is 0. The van der Waals surface area contributed by atoms with Crippen LogP contribution >= 0.6 is 0 Å². The van der Waals surface area contributed by atoms with Gasteiger partial charge >= 0.3 is 0 Å². The lowest BCUT2D eigenvalue weighted by molar-refractivity contribution is -0.385. The Bertz CT molecular complexity index is 509. The lowest BCUT2D eigenvalue weighted by Crippen LogP contribution is -2.21. The van der Waals surface area contributed by atoms with Crippen molar-refractivity contribution in [2.24, 2.45) is 11.8 Å². The monoisotopic (exact) mass is 291 g/mol. The van der Waals surface area contributed by atoms with E-state index in [0.29, 0.717) is 36.5 Å². The molecule has 0 atom stereocenters. The van der Waals surface area contributed by atoms with Gasteiger partial charge in [0.25, 0.3) is 5.69 Å². The summed E-state index contributed by atoms with van der Waals surface area (Å²) in [6, 6.07) is 4.62. The van der Waals surface area contributed by atoms with E-state index in [9.17, 15) is 10.1 Å². The first-order valence-corrected chi connectivity index (χ1v) is 7.76. The molecule has 0 aliphatic heterocycles. The number of hydrogen-bond donors (Lipinski definition) is 0. The van der Waals surface area contributed by atoms with Crippen LogP contribution in [0.25, 0.3) is 0 Å². The van der Waals surface area contributed by atoms with Crippen LogP contribution in [0.15, 0.2) is 18.2 Å². The number of benzene rings is 1. The highest BCUT2D eigenvalue weighted by Crippen LogP contribution is 2.35. The van der Waals surface area contributed by atoms with Gasteiger partial charge in [-0.1, -0.05) is 12.8 Å². The van der Waals surface area contributed by atoms with Crippen molar-refractivity contribution in [2.45, 2.75) is 38.5 Å². The fraction of sp³-hybridized carbons (Fsp3) is 0.625. The molecule has 21 heavy (non-hydrogen) atoms. The third-order valence-corrected chi connectivity index (χ3v) is 4.54. The van der Waals surface area contributed by atoms with E-state index >= 15 is 0 Å². The summed E-state index contributed by atoms with van der Waals surface area (Å²) in [4.78, 5) is 10.5. The topological polar surface area (TPSA) is 61.6 Å². The van der Waals surface area contributed by atoms with E-state index in [1.54, 1.807) is 6.07 Å². The van der Waals surface area contributed by atoms with Crippen molar-refractivity contribution < 1.29 is 14.4 Å². The molecule has 0 unspecified atom stereocenters. The number of rotatable bonds is 7. The van der Waals surface area contributed by atoms with Crippen LogP contribution in [0.5, 0.6) is 11.5 Å². The third-order valence-electron chi connectivity index (χ3n) is 4.54. The van der Waals surface area contributed by atoms with Gasteiger partial charge in [-0.3, -0.25) is 10.1 Å². The van der Waals surface area contributed by atoms with E-state index in [1.165, 1.54) is 50.7 Å². The highest BCUT2D eigenvalue weighted by Gasteiger charge is 2.22.